The van der Waals surface area contributed by atoms with Crippen molar-refractivity contribution in [2.24, 2.45) is 0 Å². The first-order valence-corrected chi connectivity index (χ1v) is 9.11. The van der Waals surface area contributed by atoms with Gasteiger partial charge in [-0.1, -0.05) is 81.1 Å². The largest absolute Gasteiger partial charge is 0.177 e. The molecule has 0 radical (unpaired) electrons. The average molecular weight is 295 g/mol. The molecule has 0 aromatic rings. The molecular weight excluding hydrogens is 256 g/mol. The summed E-state index contributed by atoms with van der Waals surface area (Å²) in [7, 11) is 0. The topological polar surface area (TPSA) is 0 Å². The molecule has 0 aliphatic rings. The summed E-state index contributed by atoms with van der Waals surface area (Å²) in [5, 5.41) is 2.18. The highest BCUT2D eigenvalue weighted by molar-refractivity contribution is 8.00. The summed E-state index contributed by atoms with van der Waals surface area (Å²) in [6.45, 7) is 17.6. The van der Waals surface area contributed by atoms with Gasteiger partial charge in [0.05, 0.1) is 0 Å². The van der Waals surface area contributed by atoms with Gasteiger partial charge in [-0.05, 0) is 16.9 Å². The van der Waals surface area contributed by atoms with Crippen LogP contribution in [0, 0.1) is 0 Å². The molecule has 0 fully saturated rings. The molecule has 1 unspecified atom stereocenters. The van der Waals surface area contributed by atoms with Crippen LogP contribution in [-0.4, -0.2) is 15.7 Å². The third-order valence-electron chi connectivity index (χ3n) is 1.91. The third kappa shape index (κ3) is 43.7. The first kappa shape index (κ1) is 23.8. The Morgan fingerprint density at radius 2 is 1.22 bits per heavy atom. The Labute approximate surface area is 128 Å². The molecule has 0 saturated carbocycles. The molecule has 2 heteroatoms. The highest BCUT2D eigenvalue weighted by Gasteiger charge is 2.02. The van der Waals surface area contributed by atoms with E-state index >= 15 is 0 Å². The number of hydrogen-bond donors (Lipinski definition) is 1. The second-order valence-corrected chi connectivity index (χ2v) is 8.28. The van der Waals surface area contributed by atoms with E-state index < -0.39 is 0 Å². The van der Waals surface area contributed by atoms with Crippen LogP contribution in [0.15, 0.2) is 0 Å². The van der Waals surface area contributed by atoms with E-state index in [2.05, 4.69) is 65.9 Å². The molecule has 0 rings (SSSR count). The van der Waals surface area contributed by atoms with Crippen LogP contribution in [0.1, 0.15) is 87.5 Å². The summed E-state index contributed by atoms with van der Waals surface area (Å²) < 4.78 is 0. The Bertz CT molecular complexity index is 118. The van der Waals surface area contributed by atoms with E-state index in [1.165, 1.54) is 32.1 Å². The van der Waals surface area contributed by atoms with Gasteiger partial charge in [0.2, 0.25) is 0 Å². The molecule has 114 valence electrons. The fourth-order valence-electron chi connectivity index (χ4n) is 1.29. The van der Waals surface area contributed by atoms with Gasteiger partial charge in [-0.25, -0.2) is 0 Å². The summed E-state index contributed by atoms with van der Waals surface area (Å²) in [6, 6.07) is 0. The minimum absolute atomic E-state index is 0.528. The molecule has 0 saturated heterocycles. The zero-order valence-electron chi connectivity index (χ0n) is 14.1. The maximum Gasteiger partial charge on any atom is 0.00211 e. The van der Waals surface area contributed by atoms with E-state index in [-0.39, 0.29) is 0 Å². The fraction of sp³-hybridized carbons (Fsp3) is 1.00. The van der Waals surface area contributed by atoms with Crippen LogP contribution in [-0.2, 0) is 0 Å². The van der Waals surface area contributed by atoms with Crippen molar-refractivity contribution in [2.45, 2.75) is 103 Å². The molecule has 0 spiro atoms. The number of unbranched alkanes of at least 4 members (excludes halogenated alkanes) is 2. The SMILES string of the molecule is CC(C)S.CCCC(C)SC(C)C.CCCCC. The minimum Gasteiger partial charge on any atom is -0.177 e. The maximum atomic E-state index is 3.97. The van der Waals surface area contributed by atoms with Gasteiger partial charge in [0.25, 0.3) is 0 Å². The first-order chi connectivity index (χ1) is 8.31. The van der Waals surface area contributed by atoms with Gasteiger partial charge < -0.3 is 0 Å². The van der Waals surface area contributed by atoms with Crippen molar-refractivity contribution in [1.82, 2.24) is 0 Å². The van der Waals surface area contributed by atoms with Gasteiger partial charge >= 0.3 is 0 Å². The lowest BCUT2D eigenvalue weighted by Gasteiger charge is -2.11. The van der Waals surface area contributed by atoms with Gasteiger partial charge in [-0.2, -0.15) is 24.4 Å². The van der Waals surface area contributed by atoms with Gasteiger partial charge in [0.1, 0.15) is 0 Å². The molecule has 0 nitrogen and oxygen atoms in total. The van der Waals surface area contributed by atoms with Crippen LogP contribution in [0.5, 0.6) is 0 Å². The highest BCUT2D eigenvalue weighted by Crippen LogP contribution is 2.19. The summed E-state index contributed by atoms with van der Waals surface area (Å²) in [5.41, 5.74) is 0. The predicted molar refractivity (Wildman–Crippen MR) is 96.4 cm³/mol. The smallest absolute Gasteiger partial charge is 0.00211 e. The van der Waals surface area contributed by atoms with E-state index in [1.54, 1.807) is 0 Å². The van der Waals surface area contributed by atoms with Crippen molar-refractivity contribution < 1.29 is 0 Å². The molecule has 18 heavy (non-hydrogen) atoms. The summed E-state index contributed by atoms with van der Waals surface area (Å²) in [4.78, 5) is 0. The van der Waals surface area contributed by atoms with E-state index in [0.29, 0.717) is 5.25 Å². The van der Waals surface area contributed by atoms with E-state index in [4.69, 9.17) is 0 Å². The monoisotopic (exact) mass is 294 g/mol. The van der Waals surface area contributed by atoms with Gasteiger partial charge in [-0.15, -0.1) is 0 Å². The van der Waals surface area contributed by atoms with Crippen molar-refractivity contribution in [1.29, 1.82) is 0 Å². The number of rotatable bonds is 6. The fourth-order valence-corrected chi connectivity index (χ4v) is 2.59. The second kappa shape index (κ2) is 20.0. The molecule has 0 aliphatic carbocycles. The molecule has 0 aromatic carbocycles. The van der Waals surface area contributed by atoms with Gasteiger partial charge in [-0.3, -0.25) is 0 Å². The first-order valence-electron chi connectivity index (χ1n) is 7.65. The van der Waals surface area contributed by atoms with Crippen molar-refractivity contribution in [3.63, 3.8) is 0 Å². The van der Waals surface area contributed by atoms with Crippen molar-refractivity contribution in [3.05, 3.63) is 0 Å². The van der Waals surface area contributed by atoms with Gasteiger partial charge in [0, 0.05) is 5.25 Å². The standard InChI is InChI=1S/C8H18S.C5H12.C3H8S/c1-5-6-8(4)9-7(2)3;1-3-5-4-2;1-3(2)4/h7-8H,5-6H2,1-4H3;3-5H2,1-2H3;3-4H,1-2H3. The molecule has 0 bridgehead atoms. The quantitative estimate of drug-likeness (QED) is 0.523. The lowest BCUT2D eigenvalue weighted by Crippen LogP contribution is -2.00. The Morgan fingerprint density at radius 3 is 1.39 bits per heavy atom. The summed E-state index contributed by atoms with van der Waals surface area (Å²) >= 11 is 6.05. The Balaban J connectivity index is -0.000000212. The number of thiol groups is 1. The maximum absolute atomic E-state index is 3.97. The van der Waals surface area contributed by atoms with Crippen LogP contribution < -0.4 is 0 Å². The molecule has 0 heterocycles. The van der Waals surface area contributed by atoms with Crippen LogP contribution in [0.2, 0.25) is 0 Å². The highest BCUT2D eigenvalue weighted by atomic mass is 32.2. The van der Waals surface area contributed by atoms with Gasteiger partial charge in [0.15, 0.2) is 0 Å². The lowest BCUT2D eigenvalue weighted by atomic mass is 10.3. The summed E-state index contributed by atoms with van der Waals surface area (Å²) in [5.74, 6) is 0. The van der Waals surface area contributed by atoms with Crippen molar-refractivity contribution in [2.75, 3.05) is 0 Å². The molecule has 0 aliphatic heterocycles. The number of hydrogen-bond acceptors (Lipinski definition) is 2. The van der Waals surface area contributed by atoms with Crippen LogP contribution >= 0.6 is 24.4 Å². The lowest BCUT2D eigenvalue weighted by molar-refractivity contribution is 0.772. The molecule has 1 atom stereocenters. The third-order valence-corrected chi connectivity index (χ3v) is 3.15. The number of thioether (sulfide) groups is 1. The zero-order valence-corrected chi connectivity index (χ0v) is 15.8. The van der Waals surface area contributed by atoms with E-state index in [0.717, 1.165) is 10.5 Å². The molecule has 0 amide bonds. The summed E-state index contributed by atoms with van der Waals surface area (Å²) in [6.07, 6.45) is 6.76. The molecular formula is C16H38S2. The van der Waals surface area contributed by atoms with E-state index in [1.807, 2.05) is 13.8 Å². The normalized spacial score (nSPS) is 11.5. The molecule has 0 N–H and O–H groups in total. The average Bonchev–Trinajstić information content (AvgIpc) is 2.17. The Hall–Kier alpha value is 0.700. The van der Waals surface area contributed by atoms with Crippen LogP contribution in [0.3, 0.4) is 0 Å². The predicted octanol–water partition coefficient (Wildman–Crippen LogP) is 6.84. The van der Waals surface area contributed by atoms with Crippen molar-refractivity contribution >= 4 is 24.4 Å². The van der Waals surface area contributed by atoms with E-state index in [9.17, 15) is 0 Å². The van der Waals surface area contributed by atoms with Crippen LogP contribution in [0.25, 0.3) is 0 Å². The zero-order chi connectivity index (χ0) is 15.0. The second-order valence-electron chi connectivity index (χ2n) is 5.23. The van der Waals surface area contributed by atoms with Crippen LogP contribution in [0.4, 0.5) is 0 Å². The minimum atomic E-state index is 0.528. The van der Waals surface area contributed by atoms with Crippen molar-refractivity contribution in [3.8, 4) is 0 Å². The molecule has 0 aromatic heterocycles. The Morgan fingerprint density at radius 1 is 0.833 bits per heavy atom. The Kier molecular flexibility index (Phi) is 26.4.